The molecule has 18 heavy (non-hydrogen) atoms. The number of anilines is 1. The molecule has 2 unspecified atom stereocenters. The van der Waals surface area contributed by atoms with Crippen molar-refractivity contribution >= 4 is 21.6 Å². The number of hydrogen-bond donors (Lipinski definition) is 1. The molecule has 2 atom stereocenters. The molecule has 0 aliphatic carbocycles. The van der Waals surface area contributed by atoms with Gasteiger partial charge in [-0.2, -0.15) is 0 Å². The number of likely N-dealkylation sites (N-methyl/N-ethyl adjacent to an activating group) is 1. The second kappa shape index (κ2) is 6.04. The Kier molecular flexibility index (Phi) is 4.65. The lowest BCUT2D eigenvalue weighted by Gasteiger charge is -2.32. The zero-order chi connectivity index (χ0) is 13.1. The van der Waals surface area contributed by atoms with Gasteiger partial charge in [0.15, 0.2) is 0 Å². The van der Waals surface area contributed by atoms with Crippen LogP contribution in [-0.4, -0.2) is 48.8 Å². The molecule has 1 heterocycles. The van der Waals surface area contributed by atoms with E-state index in [1.54, 1.807) is 0 Å². The van der Waals surface area contributed by atoms with Crippen LogP contribution >= 0.6 is 15.9 Å². The molecule has 0 bridgehead atoms. The summed E-state index contributed by atoms with van der Waals surface area (Å²) in [5.41, 5.74) is 1.22. The Morgan fingerprint density at radius 1 is 1.39 bits per heavy atom. The predicted octanol–water partition coefficient (Wildman–Crippen LogP) is 2.34. The molecule has 1 aliphatic heterocycles. The largest absolute Gasteiger partial charge is 0.395 e. The van der Waals surface area contributed by atoms with E-state index in [1.807, 2.05) is 6.07 Å². The average Bonchev–Trinajstić information content (AvgIpc) is 2.51. The number of nitrogens with zero attached hydrogens (tertiary/aromatic N) is 2. The third-order valence-electron chi connectivity index (χ3n) is 3.84. The Bertz CT molecular complexity index is 399. The van der Waals surface area contributed by atoms with Crippen molar-refractivity contribution in [1.82, 2.24) is 4.90 Å². The van der Waals surface area contributed by atoms with Gasteiger partial charge in [0.2, 0.25) is 0 Å². The van der Waals surface area contributed by atoms with Gasteiger partial charge in [-0.3, -0.25) is 4.90 Å². The molecule has 1 N–H and O–H groups in total. The number of halogens is 1. The van der Waals surface area contributed by atoms with Crippen molar-refractivity contribution in [2.75, 3.05) is 31.6 Å². The first kappa shape index (κ1) is 13.8. The number of benzene rings is 1. The molecular weight excluding hydrogens is 292 g/mol. The van der Waals surface area contributed by atoms with Crippen LogP contribution in [0.3, 0.4) is 0 Å². The van der Waals surface area contributed by atoms with Crippen LogP contribution in [0.1, 0.15) is 13.3 Å². The molecule has 0 spiro atoms. The molecule has 1 aromatic rings. The molecule has 1 saturated heterocycles. The highest BCUT2D eigenvalue weighted by Crippen LogP contribution is 2.29. The van der Waals surface area contributed by atoms with Gasteiger partial charge in [-0.1, -0.05) is 12.1 Å². The maximum Gasteiger partial charge on any atom is 0.0604 e. The molecule has 2 rings (SSSR count). The molecule has 3 nitrogen and oxygen atoms in total. The molecule has 0 aromatic heterocycles. The lowest BCUT2D eigenvalue weighted by atomic mass is 10.1. The summed E-state index contributed by atoms with van der Waals surface area (Å²) >= 11 is 3.62. The summed E-state index contributed by atoms with van der Waals surface area (Å²) in [5, 5.41) is 9.53. The topological polar surface area (TPSA) is 26.7 Å². The van der Waals surface area contributed by atoms with Gasteiger partial charge in [-0.25, -0.2) is 0 Å². The van der Waals surface area contributed by atoms with Gasteiger partial charge in [-0.15, -0.1) is 0 Å². The Morgan fingerprint density at radius 3 is 2.78 bits per heavy atom. The van der Waals surface area contributed by atoms with E-state index in [9.17, 15) is 5.11 Å². The highest BCUT2D eigenvalue weighted by atomic mass is 79.9. The van der Waals surface area contributed by atoms with E-state index in [0.29, 0.717) is 6.04 Å². The monoisotopic (exact) mass is 312 g/mol. The lowest BCUT2D eigenvalue weighted by molar-refractivity contribution is 0.159. The molecule has 4 heteroatoms. The zero-order valence-electron chi connectivity index (χ0n) is 11.0. The fourth-order valence-electron chi connectivity index (χ4n) is 2.49. The van der Waals surface area contributed by atoms with Crippen molar-refractivity contribution in [3.8, 4) is 0 Å². The van der Waals surface area contributed by atoms with E-state index < -0.39 is 0 Å². The van der Waals surface area contributed by atoms with Crippen molar-refractivity contribution in [2.24, 2.45) is 0 Å². The second-order valence-corrected chi connectivity index (χ2v) is 5.91. The molecule has 100 valence electrons. The van der Waals surface area contributed by atoms with Crippen LogP contribution in [-0.2, 0) is 0 Å². The van der Waals surface area contributed by atoms with Crippen molar-refractivity contribution in [3.63, 3.8) is 0 Å². The summed E-state index contributed by atoms with van der Waals surface area (Å²) in [5.74, 6) is 0. The minimum atomic E-state index is 0.210. The molecule has 1 aromatic carbocycles. The first-order chi connectivity index (χ1) is 8.63. The van der Waals surface area contributed by atoms with Crippen LogP contribution in [0.2, 0.25) is 0 Å². The van der Waals surface area contributed by atoms with Crippen LogP contribution in [0.5, 0.6) is 0 Å². The van der Waals surface area contributed by atoms with Gasteiger partial charge in [-0.05, 0) is 48.5 Å². The maximum absolute atomic E-state index is 9.53. The maximum atomic E-state index is 9.53. The first-order valence-electron chi connectivity index (χ1n) is 6.45. The third kappa shape index (κ3) is 2.87. The van der Waals surface area contributed by atoms with E-state index in [0.717, 1.165) is 24.0 Å². The van der Waals surface area contributed by atoms with Gasteiger partial charge >= 0.3 is 0 Å². The van der Waals surface area contributed by atoms with Crippen LogP contribution in [0, 0.1) is 0 Å². The predicted molar refractivity (Wildman–Crippen MR) is 79.1 cm³/mol. The fourth-order valence-corrected chi connectivity index (χ4v) is 3.01. The van der Waals surface area contributed by atoms with E-state index in [4.69, 9.17) is 0 Å². The Labute approximate surface area is 118 Å². The number of hydrogen-bond acceptors (Lipinski definition) is 3. The molecule has 1 fully saturated rings. The molecule has 0 saturated carbocycles. The highest BCUT2D eigenvalue weighted by molar-refractivity contribution is 9.10. The number of aliphatic hydroxyl groups is 1. The summed E-state index contributed by atoms with van der Waals surface area (Å²) < 4.78 is 1.12. The summed E-state index contributed by atoms with van der Waals surface area (Å²) in [4.78, 5) is 4.65. The van der Waals surface area contributed by atoms with E-state index in [2.05, 4.69) is 57.9 Å². The van der Waals surface area contributed by atoms with Gasteiger partial charge in [0.1, 0.15) is 0 Å². The summed E-state index contributed by atoms with van der Waals surface area (Å²) in [7, 11) is 2.09. The van der Waals surface area contributed by atoms with Crippen molar-refractivity contribution in [1.29, 1.82) is 0 Å². The molecule has 0 amide bonds. The van der Waals surface area contributed by atoms with Gasteiger partial charge in [0.05, 0.1) is 12.3 Å². The smallest absolute Gasteiger partial charge is 0.0604 e. The number of rotatable bonds is 2. The SMILES string of the molecule is CC1CCN(C)C(CO)CN1c1ccccc1Br. The normalized spacial score (nSPS) is 26.1. The van der Waals surface area contributed by atoms with E-state index in [-0.39, 0.29) is 12.6 Å². The van der Waals surface area contributed by atoms with Crippen LogP contribution in [0.25, 0.3) is 0 Å². The minimum absolute atomic E-state index is 0.210. The van der Waals surface area contributed by atoms with Crippen molar-refractivity contribution in [2.45, 2.75) is 25.4 Å². The van der Waals surface area contributed by atoms with E-state index >= 15 is 0 Å². The quantitative estimate of drug-likeness (QED) is 0.908. The van der Waals surface area contributed by atoms with Gasteiger partial charge in [0.25, 0.3) is 0 Å². The van der Waals surface area contributed by atoms with E-state index in [1.165, 1.54) is 5.69 Å². The second-order valence-electron chi connectivity index (χ2n) is 5.06. The van der Waals surface area contributed by atoms with Crippen molar-refractivity contribution in [3.05, 3.63) is 28.7 Å². The summed E-state index contributed by atoms with van der Waals surface area (Å²) in [6, 6.07) is 9.01. The zero-order valence-corrected chi connectivity index (χ0v) is 12.6. The summed E-state index contributed by atoms with van der Waals surface area (Å²) in [6.45, 7) is 4.38. The Morgan fingerprint density at radius 2 is 2.11 bits per heavy atom. The van der Waals surface area contributed by atoms with Crippen LogP contribution in [0.15, 0.2) is 28.7 Å². The molecule has 0 radical (unpaired) electrons. The fraction of sp³-hybridized carbons (Fsp3) is 0.571. The minimum Gasteiger partial charge on any atom is -0.395 e. The number of para-hydroxylation sites is 1. The first-order valence-corrected chi connectivity index (χ1v) is 7.25. The lowest BCUT2D eigenvalue weighted by Crippen LogP contribution is -2.43. The molecular formula is C14H21BrN2O. The van der Waals surface area contributed by atoms with Gasteiger partial charge < -0.3 is 10.0 Å². The van der Waals surface area contributed by atoms with Gasteiger partial charge in [0, 0.05) is 29.6 Å². The molecule has 1 aliphatic rings. The van der Waals surface area contributed by atoms with Crippen molar-refractivity contribution < 1.29 is 5.11 Å². The van der Waals surface area contributed by atoms with Crippen LogP contribution in [0.4, 0.5) is 5.69 Å². The standard InChI is InChI=1S/C14H21BrN2O/c1-11-7-8-16(2)12(10-18)9-17(11)14-6-4-3-5-13(14)15/h3-6,11-12,18H,7-10H2,1-2H3. The third-order valence-corrected chi connectivity index (χ3v) is 4.51. The average molecular weight is 313 g/mol. The van der Waals surface area contributed by atoms with Crippen LogP contribution < -0.4 is 4.90 Å². The Balaban J connectivity index is 2.27. The number of aliphatic hydroxyl groups excluding tert-OH is 1. The Hall–Kier alpha value is -0.580. The highest BCUT2D eigenvalue weighted by Gasteiger charge is 2.27. The summed E-state index contributed by atoms with van der Waals surface area (Å²) in [6.07, 6.45) is 1.12.